The lowest BCUT2D eigenvalue weighted by molar-refractivity contribution is 0.0523. The monoisotopic (exact) mass is 237 g/mol. The van der Waals surface area contributed by atoms with E-state index in [4.69, 9.17) is 4.74 Å². The van der Waals surface area contributed by atoms with Crippen molar-refractivity contribution in [2.45, 2.75) is 39.3 Å². The van der Waals surface area contributed by atoms with Crippen LogP contribution in [0.2, 0.25) is 0 Å². The fourth-order valence-corrected chi connectivity index (χ4v) is 1.74. The summed E-state index contributed by atoms with van der Waals surface area (Å²) >= 11 is 0. The molecule has 0 heterocycles. The predicted molar refractivity (Wildman–Crippen MR) is 70.4 cm³/mol. The molecule has 0 fully saturated rings. The Morgan fingerprint density at radius 1 is 1.41 bits per heavy atom. The maximum absolute atomic E-state index is 10.5. The number of nitrogens with one attached hydrogen (secondary N) is 1. The van der Waals surface area contributed by atoms with E-state index in [1.165, 1.54) is 0 Å². The molecule has 17 heavy (non-hydrogen) atoms. The number of aryl methyl sites for hydroxylation is 1. The third kappa shape index (κ3) is 3.72. The third-order valence-electron chi connectivity index (χ3n) is 2.79. The van der Waals surface area contributed by atoms with Crippen molar-refractivity contribution >= 4 is 0 Å². The molecule has 0 radical (unpaired) electrons. The highest BCUT2D eigenvalue weighted by molar-refractivity contribution is 5.40. The fraction of sp³-hybridized carbons (Fsp3) is 0.571. The Labute approximate surface area is 104 Å². The predicted octanol–water partition coefficient (Wildman–Crippen LogP) is 2.21. The van der Waals surface area contributed by atoms with Gasteiger partial charge in [0.2, 0.25) is 0 Å². The Morgan fingerprint density at radius 2 is 2.06 bits per heavy atom. The normalized spacial score (nSPS) is 14.8. The van der Waals surface area contributed by atoms with Crippen molar-refractivity contribution in [2.75, 3.05) is 13.7 Å². The molecular formula is C14H23NO2. The second kappa shape index (κ2) is 5.52. The van der Waals surface area contributed by atoms with Crippen LogP contribution in [0.15, 0.2) is 18.2 Å². The minimum Gasteiger partial charge on any atom is -0.496 e. The molecule has 0 saturated carbocycles. The summed E-state index contributed by atoms with van der Waals surface area (Å²) in [5.41, 5.74) is 1.01. The number of benzene rings is 1. The van der Waals surface area contributed by atoms with Crippen LogP contribution in [0.25, 0.3) is 0 Å². The Hall–Kier alpha value is -1.06. The SMILES string of the molecule is COc1ccc(C)cc1C(C)(O)CNC(C)C. The van der Waals surface area contributed by atoms with Gasteiger partial charge in [-0.05, 0) is 26.0 Å². The summed E-state index contributed by atoms with van der Waals surface area (Å²) in [6.07, 6.45) is 0. The Morgan fingerprint density at radius 3 is 2.59 bits per heavy atom. The first-order valence-electron chi connectivity index (χ1n) is 5.97. The summed E-state index contributed by atoms with van der Waals surface area (Å²) in [6.45, 7) is 8.44. The van der Waals surface area contributed by atoms with E-state index in [2.05, 4.69) is 19.2 Å². The Balaban J connectivity index is 2.99. The summed E-state index contributed by atoms with van der Waals surface area (Å²) in [5.74, 6) is 0.728. The van der Waals surface area contributed by atoms with E-state index in [-0.39, 0.29) is 0 Å². The van der Waals surface area contributed by atoms with Gasteiger partial charge in [0.05, 0.1) is 7.11 Å². The lowest BCUT2D eigenvalue weighted by atomic mass is 9.93. The number of hydrogen-bond donors (Lipinski definition) is 2. The lowest BCUT2D eigenvalue weighted by Crippen LogP contribution is -2.38. The molecule has 1 aromatic rings. The van der Waals surface area contributed by atoms with Crippen molar-refractivity contribution in [1.29, 1.82) is 0 Å². The largest absolute Gasteiger partial charge is 0.496 e. The van der Waals surface area contributed by atoms with E-state index >= 15 is 0 Å². The van der Waals surface area contributed by atoms with Gasteiger partial charge in [-0.2, -0.15) is 0 Å². The molecule has 3 heteroatoms. The van der Waals surface area contributed by atoms with E-state index < -0.39 is 5.60 Å². The van der Waals surface area contributed by atoms with Gasteiger partial charge in [0.25, 0.3) is 0 Å². The molecule has 3 nitrogen and oxygen atoms in total. The first kappa shape index (κ1) is 14.0. The number of ether oxygens (including phenoxy) is 1. The van der Waals surface area contributed by atoms with Crippen LogP contribution in [0.3, 0.4) is 0 Å². The summed E-state index contributed by atoms with van der Waals surface area (Å²) in [6, 6.07) is 6.20. The summed E-state index contributed by atoms with van der Waals surface area (Å²) < 4.78 is 5.31. The molecule has 1 aromatic carbocycles. The second-order valence-corrected chi connectivity index (χ2v) is 5.01. The van der Waals surface area contributed by atoms with E-state index in [0.29, 0.717) is 12.6 Å². The molecule has 0 aromatic heterocycles. The summed E-state index contributed by atoms with van der Waals surface area (Å²) in [4.78, 5) is 0. The molecule has 0 aliphatic carbocycles. The van der Waals surface area contributed by atoms with Gasteiger partial charge in [0.1, 0.15) is 11.4 Å². The van der Waals surface area contributed by atoms with Gasteiger partial charge in [0.15, 0.2) is 0 Å². The topological polar surface area (TPSA) is 41.5 Å². The van der Waals surface area contributed by atoms with Gasteiger partial charge < -0.3 is 15.2 Å². The van der Waals surface area contributed by atoms with Crippen molar-refractivity contribution in [3.8, 4) is 5.75 Å². The molecule has 0 saturated heterocycles. The van der Waals surface area contributed by atoms with Crippen LogP contribution < -0.4 is 10.1 Å². The molecule has 96 valence electrons. The molecule has 0 spiro atoms. The number of methoxy groups -OCH3 is 1. The maximum atomic E-state index is 10.5. The van der Waals surface area contributed by atoms with Crippen LogP contribution in [0.5, 0.6) is 5.75 Å². The van der Waals surface area contributed by atoms with Crippen LogP contribution in [0.4, 0.5) is 0 Å². The van der Waals surface area contributed by atoms with Crippen LogP contribution in [-0.4, -0.2) is 24.8 Å². The molecule has 0 aliphatic heterocycles. The molecule has 0 bridgehead atoms. The van der Waals surface area contributed by atoms with Gasteiger partial charge in [-0.15, -0.1) is 0 Å². The van der Waals surface area contributed by atoms with E-state index in [0.717, 1.165) is 16.9 Å². The second-order valence-electron chi connectivity index (χ2n) is 5.01. The van der Waals surface area contributed by atoms with Crippen molar-refractivity contribution in [3.63, 3.8) is 0 Å². The molecule has 1 unspecified atom stereocenters. The molecule has 1 rings (SSSR count). The summed E-state index contributed by atoms with van der Waals surface area (Å²) in [5, 5.41) is 13.8. The van der Waals surface area contributed by atoms with E-state index in [1.54, 1.807) is 14.0 Å². The van der Waals surface area contributed by atoms with Gasteiger partial charge >= 0.3 is 0 Å². The van der Waals surface area contributed by atoms with Crippen LogP contribution in [-0.2, 0) is 5.60 Å². The Kier molecular flexibility index (Phi) is 4.54. The zero-order valence-corrected chi connectivity index (χ0v) is 11.4. The summed E-state index contributed by atoms with van der Waals surface area (Å²) in [7, 11) is 1.63. The quantitative estimate of drug-likeness (QED) is 0.825. The minimum atomic E-state index is -0.929. The van der Waals surface area contributed by atoms with Crippen LogP contribution in [0.1, 0.15) is 31.9 Å². The standard InChI is InChI=1S/C14H23NO2/c1-10(2)15-9-14(4,16)12-8-11(3)6-7-13(12)17-5/h6-8,10,15-16H,9H2,1-5H3. The van der Waals surface area contributed by atoms with Crippen LogP contribution >= 0.6 is 0 Å². The van der Waals surface area contributed by atoms with Gasteiger partial charge in [0, 0.05) is 18.2 Å². The smallest absolute Gasteiger partial charge is 0.125 e. The zero-order valence-electron chi connectivity index (χ0n) is 11.4. The first-order valence-corrected chi connectivity index (χ1v) is 5.97. The van der Waals surface area contributed by atoms with Crippen molar-refractivity contribution in [3.05, 3.63) is 29.3 Å². The number of hydrogen-bond acceptors (Lipinski definition) is 3. The zero-order chi connectivity index (χ0) is 13.1. The van der Waals surface area contributed by atoms with Crippen molar-refractivity contribution in [2.24, 2.45) is 0 Å². The third-order valence-corrected chi connectivity index (χ3v) is 2.79. The lowest BCUT2D eigenvalue weighted by Gasteiger charge is -2.27. The van der Waals surface area contributed by atoms with Crippen LogP contribution in [0, 0.1) is 6.92 Å². The van der Waals surface area contributed by atoms with Gasteiger partial charge in [-0.25, -0.2) is 0 Å². The highest BCUT2D eigenvalue weighted by Gasteiger charge is 2.26. The highest BCUT2D eigenvalue weighted by Crippen LogP contribution is 2.30. The van der Waals surface area contributed by atoms with Crippen molar-refractivity contribution < 1.29 is 9.84 Å². The molecule has 0 amide bonds. The Bertz CT molecular complexity index is 372. The number of aliphatic hydroxyl groups is 1. The molecule has 0 aliphatic rings. The minimum absolute atomic E-state index is 0.345. The van der Waals surface area contributed by atoms with Crippen molar-refractivity contribution in [1.82, 2.24) is 5.32 Å². The number of rotatable bonds is 5. The van der Waals surface area contributed by atoms with E-state index in [1.807, 2.05) is 25.1 Å². The highest BCUT2D eigenvalue weighted by atomic mass is 16.5. The van der Waals surface area contributed by atoms with Gasteiger partial charge in [-0.3, -0.25) is 0 Å². The average Bonchev–Trinajstić information content (AvgIpc) is 2.26. The fourth-order valence-electron chi connectivity index (χ4n) is 1.74. The molecule has 2 N–H and O–H groups in total. The maximum Gasteiger partial charge on any atom is 0.125 e. The van der Waals surface area contributed by atoms with E-state index in [9.17, 15) is 5.11 Å². The molecule has 1 atom stereocenters. The first-order chi connectivity index (χ1) is 7.86. The average molecular weight is 237 g/mol. The van der Waals surface area contributed by atoms with Gasteiger partial charge in [-0.1, -0.05) is 25.5 Å². The molecular weight excluding hydrogens is 214 g/mol.